The number of aliphatic hydroxyl groups is 1. The molecule has 1 spiro atoms. The van der Waals surface area contributed by atoms with Gasteiger partial charge in [0.2, 0.25) is 5.91 Å². The second-order valence-electron chi connectivity index (χ2n) is 10.7. The Morgan fingerprint density at radius 3 is 2.59 bits per heavy atom. The van der Waals surface area contributed by atoms with Crippen LogP contribution in [0.1, 0.15) is 37.3 Å². The quantitative estimate of drug-likeness (QED) is 0.227. The Bertz CT molecular complexity index is 1320. The Morgan fingerprint density at radius 1 is 1.17 bits per heavy atom. The predicted molar refractivity (Wildman–Crippen MR) is 155 cm³/mol. The first-order valence-electron chi connectivity index (χ1n) is 14.0. The van der Waals surface area contributed by atoms with Crippen molar-refractivity contribution < 1.29 is 29.0 Å². The van der Waals surface area contributed by atoms with Crippen molar-refractivity contribution in [3.63, 3.8) is 0 Å². The van der Waals surface area contributed by atoms with Crippen molar-refractivity contribution in [2.45, 2.75) is 49.5 Å². The minimum Gasteiger partial charge on any atom is -0.465 e. The minimum absolute atomic E-state index is 0.134. The number of fused-ring (bicyclic) bond motifs is 1. The Morgan fingerprint density at radius 2 is 1.90 bits per heavy atom. The van der Waals surface area contributed by atoms with Crippen LogP contribution in [0.3, 0.4) is 0 Å². The minimum atomic E-state index is -1.26. The number of carbonyl (C=O) groups is 3. The topological polar surface area (TPSA) is 96.4 Å². The summed E-state index contributed by atoms with van der Waals surface area (Å²) in [6.45, 7) is 7.44. The van der Waals surface area contributed by atoms with Crippen molar-refractivity contribution in [1.82, 2.24) is 4.90 Å². The number of hydrogen-bond acceptors (Lipinski definition) is 6. The molecule has 2 bridgehead atoms. The molecule has 0 radical (unpaired) electrons. The average molecular weight is 579 g/mol. The second kappa shape index (κ2) is 12.2. The third-order valence-electron chi connectivity index (χ3n) is 8.46. The van der Waals surface area contributed by atoms with E-state index in [0.717, 1.165) is 0 Å². The smallest absolute Gasteiger partial charge is 0.312 e. The van der Waals surface area contributed by atoms with Crippen molar-refractivity contribution in [2.24, 2.45) is 11.8 Å². The number of ether oxygens (including phenoxy) is 2. The van der Waals surface area contributed by atoms with Gasteiger partial charge < -0.3 is 24.4 Å². The zero-order valence-corrected chi connectivity index (χ0v) is 23.6. The van der Waals surface area contributed by atoms with Gasteiger partial charge in [-0.25, -0.2) is 0 Å². The van der Waals surface area contributed by atoms with Gasteiger partial charge in [-0.15, -0.1) is 13.2 Å². The standard InChI is InChI=1S/C32H35ClN2O6/c1-3-5-11-19-40-31(39)26-25-16-17-32(41-25)27(26)29(37)35(24(20-36)21-12-7-6-8-13-21)28(32)30(38)34(18-4-2)23-15-10-9-14-22(23)33/h3-4,6-10,12-15,24-28,36H,1-2,5,11,16-20H2/t24-,25+,26-,27+,28?,32?/m1/s1. The van der Waals surface area contributed by atoms with Crippen LogP contribution in [0.25, 0.3) is 0 Å². The van der Waals surface area contributed by atoms with Gasteiger partial charge in [-0.05, 0) is 43.4 Å². The fraction of sp³-hybridized carbons (Fsp3) is 0.406. The molecule has 216 valence electrons. The van der Waals surface area contributed by atoms with E-state index in [4.69, 9.17) is 21.1 Å². The van der Waals surface area contributed by atoms with Crippen LogP contribution in [0.15, 0.2) is 79.9 Å². The number of hydrogen-bond donors (Lipinski definition) is 1. The molecule has 0 aromatic heterocycles. The molecule has 3 aliphatic rings. The lowest BCUT2D eigenvalue weighted by atomic mass is 9.70. The lowest BCUT2D eigenvalue weighted by Gasteiger charge is -2.39. The number of para-hydroxylation sites is 1. The van der Waals surface area contributed by atoms with Gasteiger partial charge in [0.25, 0.3) is 5.91 Å². The van der Waals surface area contributed by atoms with Crippen LogP contribution in [-0.4, -0.2) is 65.3 Å². The van der Waals surface area contributed by atoms with Crippen molar-refractivity contribution in [2.75, 3.05) is 24.7 Å². The predicted octanol–water partition coefficient (Wildman–Crippen LogP) is 4.48. The van der Waals surface area contributed by atoms with E-state index in [-0.39, 0.29) is 13.2 Å². The van der Waals surface area contributed by atoms with Crippen LogP contribution in [0.4, 0.5) is 5.69 Å². The van der Waals surface area contributed by atoms with E-state index in [2.05, 4.69) is 13.2 Å². The SMILES string of the molecule is C=CCCCOC(=O)[C@@H]1[C@@H]2CCC3(O2)C(C(=O)N(CC=C)c2ccccc2Cl)N([C@H](CO)c2ccccc2)C(=O)[C@H]13. The maximum Gasteiger partial charge on any atom is 0.312 e. The maximum atomic E-state index is 14.7. The van der Waals surface area contributed by atoms with Crippen LogP contribution in [-0.2, 0) is 23.9 Å². The third kappa shape index (κ3) is 4.98. The highest BCUT2D eigenvalue weighted by atomic mass is 35.5. The molecule has 9 heteroatoms. The van der Waals surface area contributed by atoms with Gasteiger partial charge in [0.15, 0.2) is 0 Å². The number of allylic oxidation sites excluding steroid dienone is 1. The molecule has 3 fully saturated rings. The number of rotatable bonds is 12. The number of unbranched alkanes of at least 4 members (excludes halogenated alkanes) is 1. The summed E-state index contributed by atoms with van der Waals surface area (Å²) in [6.07, 6.45) is 5.06. The normalized spacial score (nSPS) is 26.9. The van der Waals surface area contributed by atoms with E-state index in [0.29, 0.717) is 42.0 Å². The summed E-state index contributed by atoms with van der Waals surface area (Å²) >= 11 is 6.53. The fourth-order valence-corrected chi connectivity index (χ4v) is 6.99. The molecule has 2 aromatic carbocycles. The maximum absolute atomic E-state index is 14.7. The Labute approximate surface area is 245 Å². The van der Waals surface area contributed by atoms with Gasteiger partial charge in [0, 0.05) is 6.54 Å². The molecule has 41 heavy (non-hydrogen) atoms. The number of amides is 2. The van der Waals surface area contributed by atoms with Crippen LogP contribution in [0, 0.1) is 11.8 Å². The summed E-state index contributed by atoms with van der Waals surface area (Å²) in [5.41, 5.74) is -0.118. The number of esters is 1. The van der Waals surface area contributed by atoms with Crippen LogP contribution in [0.2, 0.25) is 5.02 Å². The van der Waals surface area contributed by atoms with Crippen molar-refractivity contribution in [3.05, 3.63) is 90.5 Å². The molecule has 2 unspecified atom stereocenters. The lowest BCUT2D eigenvalue weighted by molar-refractivity contribution is -0.156. The molecular weight excluding hydrogens is 544 g/mol. The van der Waals surface area contributed by atoms with E-state index in [1.54, 1.807) is 48.6 Å². The molecule has 5 rings (SSSR count). The summed E-state index contributed by atoms with van der Waals surface area (Å²) in [4.78, 5) is 45.4. The van der Waals surface area contributed by atoms with E-state index in [1.807, 2.05) is 18.2 Å². The summed E-state index contributed by atoms with van der Waals surface area (Å²) < 4.78 is 12.1. The fourth-order valence-electron chi connectivity index (χ4n) is 6.75. The molecule has 0 saturated carbocycles. The molecule has 3 heterocycles. The van der Waals surface area contributed by atoms with E-state index < -0.39 is 60.0 Å². The number of likely N-dealkylation sites (tertiary alicyclic amines) is 1. The van der Waals surface area contributed by atoms with Crippen LogP contribution in [0.5, 0.6) is 0 Å². The van der Waals surface area contributed by atoms with Crippen LogP contribution < -0.4 is 4.90 Å². The molecule has 2 amide bonds. The van der Waals surface area contributed by atoms with E-state index in [1.165, 1.54) is 9.80 Å². The lowest BCUT2D eigenvalue weighted by Crippen LogP contribution is -2.57. The van der Waals surface area contributed by atoms with Crippen LogP contribution >= 0.6 is 11.6 Å². The number of benzene rings is 2. The summed E-state index contributed by atoms with van der Waals surface area (Å²) in [5, 5.41) is 11.0. The van der Waals surface area contributed by atoms with E-state index in [9.17, 15) is 19.5 Å². The van der Waals surface area contributed by atoms with Gasteiger partial charge >= 0.3 is 5.97 Å². The first kappa shape index (κ1) is 29.0. The largest absolute Gasteiger partial charge is 0.465 e. The molecule has 1 N–H and O–H groups in total. The summed E-state index contributed by atoms with van der Waals surface area (Å²) in [6, 6.07) is 14.1. The number of carbonyl (C=O) groups excluding carboxylic acids is 3. The highest BCUT2D eigenvalue weighted by Gasteiger charge is 2.75. The summed E-state index contributed by atoms with van der Waals surface area (Å²) in [7, 11) is 0. The van der Waals surface area contributed by atoms with Gasteiger partial charge in [-0.1, -0.05) is 66.2 Å². The highest BCUT2D eigenvalue weighted by Crippen LogP contribution is 2.60. The molecule has 8 nitrogen and oxygen atoms in total. The molecular formula is C32H35ClN2O6. The summed E-state index contributed by atoms with van der Waals surface area (Å²) in [5.74, 6) is -3.08. The zero-order valence-electron chi connectivity index (χ0n) is 22.9. The average Bonchev–Trinajstić information content (AvgIpc) is 3.63. The number of halogens is 1. The molecule has 6 atom stereocenters. The van der Waals surface area contributed by atoms with Crippen molar-refractivity contribution in [3.8, 4) is 0 Å². The Hall–Kier alpha value is -3.46. The van der Waals surface area contributed by atoms with Crippen molar-refractivity contribution >= 4 is 35.1 Å². The number of nitrogens with zero attached hydrogens (tertiary/aromatic N) is 2. The number of anilines is 1. The molecule has 0 aliphatic carbocycles. The zero-order chi connectivity index (χ0) is 29.1. The van der Waals surface area contributed by atoms with Gasteiger partial charge in [0.1, 0.15) is 11.6 Å². The van der Waals surface area contributed by atoms with Gasteiger partial charge in [0.05, 0.1) is 47.9 Å². The Balaban J connectivity index is 1.59. The van der Waals surface area contributed by atoms with Gasteiger partial charge in [-0.2, -0.15) is 0 Å². The molecule has 2 aromatic rings. The van der Waals surface area contributed by atoms with Gasteiger partial charge in [-0.3, -0.25) is 14.4 Å². The van der Waals surface area contributed by atoms with Crippen molar-refractivity contribution in [1.29, 1.82) is 0 Å². The Kier molecular flexibility index (Phi) is 8.63. The first-order chi connectivity index (χ1) is 19.9. The first-order valence-corrected chi connectivity index (χ1v) is 14.4. The molecule has 3 aliphatic heterocycles. The molecule has 3 saturated heterocycles. The number of aliphatic hydroxyl groups excluding tert-OH is 1. The van der Waals surface area contributed by atoms with E-state index >= 15 is 0 Å². The monoisotopic (exact) mass is 578 g/mol. The third-order valence-corrected chi connectivity index (χ3v) is 8.77. The highest BCUT2D eigenvalue weighted by molar-refractivity contribution is 6.34. The second-order valence-corrected chi connectivity index (χ2v) is 11.1.